The zero-order chi connectivity index (χ0) is 14.0. The van der Waals surface area contributed by atoms with Gasteiger partial charge in [0.25, 0.3) is 0 Å². The van der Waals surface area contributed by atoms with Crippen molar-refractivity contribution in [3.05, 3.63) is 58.9 Å². The summed E-state index contributed by atoms with van der Waals surface area (Å²) in [5.41, 5.74) is -1.16. The van der Waals surface area contributed by atoms with Crippen LogP contribution in [0.4, 0.5) is 17.6 Å². The molecule has 0 fully saturated rings. The highest BCUT2D eigenvalue weighted by atomic mass is 35.5. The number of alkyl halides is 3. The highest BCUT2D eigenvalue weighted by molar-refractivity contribution is 6.32. The lowest BCUT2D eigenvalue weighted by Crippen LogP contribution is -2.06. The van der Waals surface area contributed by atoms with Gasteiger partial charge in [-0.2, -0.15) is 13.2 Å². The van der Waals surface area contributed by atoms with Gasteiger partial charge in [-0.1, -0.05) is 23.7 Å². The first-order chi connectivity index (χ1) is 8.88. The van der Waals surface area contributed by atoms with Gasteiger partial charge in [-0.25, -0.2) is 4.39 Å². The molecule has 0 heterocycles. The van der Waals surface area contributed by atoms with E-state index in [-0.39, 0.29) is 5.75 Å². The van der Waals surface area contributed by atoms with Crippen molar-refractivity contribution in [3.63, 3.8) is 0 Å². The molecule has 0 aliphatic carbocycles. The highest BCUT2D eigenvalue weighted by Crippen LogP contribution is 2.38. The molecule has 0 aromatic heterocycles. The van der Waals surface area contributed by atoms with Crippen LogP contribution in [0, 0.1) is 11.9 Å². The number of hydrogen-bond donors (Lipinski definition) is 0. The SMILES string of the molecule is Fc1cc(C(F)(F)F)cc(Cl)c1Oc1c[c]ccc1. The Hall–Kier alpha value is -1.75. The summed E-state index contributed by atoms with van der Waals surface area (Å²) in [5, 5.41) is -0.448. The molecule has 2 rings (SSSR count). The van der Waals surface area contributed by atoms with Gasteiger partial charge < -0.3 is 4.74 Å². The molecule has 0 aliphatic rings. The van der Waals surface area contributed by atoms with Crippen molar-refractivity contribution in [2.24, 2.45) is 0 Å². The predicted molar refractivity (Wildman–Crippen MR) is 61.8 cm³/mol. The molecule has 0 aliphatic heterocycles. The lowest BCUT2D eigenvalue weighted by atomic mass is 10.2. The van der Waals surface area contributed by atoms with Gasteiger partial charge in [-0.15, -0.1) is 0 Å². The van der Waals surface area contributed by atoms with Crippen molar-refractivity contribution in [2.45, 2.75) is 6.18 Å². The van der Waals surface area contributed by atoms with Crippen LogP contribution in [-0.2, 0) is 6.18 Å². The quantitative estimate of drug-likeness (QED) is 0.700. The average molecular weight is 290 g/mol. The van der Waals surface area contributed by atoms with E-state index >= 15 is 0 Å². The second kappa shape index (κ2) is 5.09. The summed E-state index contributed by atoms with van der Waals surface area (Å²) in [4.78, 5) is 0. The monoisotopic (exact) mass is 289 g/mol. The van der Waals surface area contributed by atoms with Crippen LogP contribution in [0.2, 0.25) is 5.02 Å². The second-order valence-electron chi connectivity index (χ2n) is 3.61. The maximum absolute atomic E-state index is 13.6. The lowest BCUT2D eigenvalue weighted by molar-refractivity contribution is -0.137. The Morgan fingerprint density at radius 2 is 1.95 bits per heavy atom. The summed E-state index contributed by atoms with van der Waals surface area (Å²) in [7, 11) is 0. The third-order valence-corrected chi connectivity index (χ3v) is 2.50. The van der Waals surface area contributed by atoms with E-state index < -0.39 is 28.3 Å². The second-order valence-corrected chi connectivity index (χ2v) is 4.02. The molecule has 2 aromatic carbocycles. The van der Waals surface area contributed by atoms with E-state index in [1.165, 1.54) is 12.1 Å². The van der Waals surface area contributed by atoms with Crippen molar-refractivity contribution >= 4 is 11.6 Å². The van der Waals surface area contributed by atoms with Crippen molar-refractivity contribution < 1.29 is 22.3 Å². The van der Waals surface area contributed by atoms with Gasteiger partial charge in [0.15, 0.2) is 11.6 Å². The van der Waals surface area contributed by atoms with E-state index in [1.54, 1.807) is 12.1 Å². The Labute approximate surface area is 111 Å². The third-order valence-electron chi connectivity index (χ3n) is 2.22. The zero-order valence-corrected chi connectivity index (χ0v) is 10.0. The minimum atomic E-state index is -4.66. The Bertz CT molecular complexity index is 558. The third kappa shape index (κ3) is 3.17. The van der Waals surface area contributed by atoms with Crippen LogP contribution in [-0.4, -0.2) is 0 Å². The first-order valence-electron chi connectivity index (χ1n) is 5.08. The number of rotatable bonds is 2. The fourth-order valence-electron chi connectivity index (χ4n) is 1.38. The summed E-state index contributed by atoms with van der Waals surface area (Å²) in [6.07, 6.45) is -4.66. The zero-order valence-electron chi connectivity index (χ0n) is 9.26. The van der Waals surface area contributed by atoms with Crippen LogP contribution >= 0.6 is 11.6 Å². The van der Waals surface area contributed by atoms with E-state index in [1.807, 2.05) is 0 Å². The smallest absolute Gasteiger partial charge is 0.416 e. The average Bonchev–Trinajstić information content (AvgIpc) is 2.33. The maximum Gasteiger partial charge on any atom is 0.416 e. The number of benzene rings is 2. The van der Waals surface area contributed by atoms with E-state index in [9.17, 15) is 17.6 Å². The molecule has 0 bridgehead atoms. The molecule has 6 heteroatoms. The first kappa shape index (κ1) is 13.7. The largest absolute Gasteiger partial charge is 0.453 e. The number of hydrogen-bond acceptors (Lipinski definition) is 1. The van der Waals surface area contributed by atoms with Crippen molar-refractivity contribution in [1.29, 1.82) is 0 Å². The van der Waals surface area contributed by atoms with Crippen LogP contribution in [0.15, 0.2) is 36.4 Å². The van der Waals surface area contributed by atoms with Gasteiger partial charge in [0.05, 0.1) is 10.6 Å². The van der Waals surface area contributed by atoms with Crippen molar-refractivity contribution in [1.82, 2.24) is 0 Å². The maximum atomic E-state index is 13.6. The van der Waals surface area contributed by atoms with E-state index in [4.69, 9.17) is 16.3 Å². The van der Waals surface area contributed by atoms with Gasteiger partial charge in [-0.05, 0) is 30.3 Å². The topological polar surface area (TPSA) is 9.23 Å². The van der Waals surface area contributed by atoms with E-state index in [0.29, 0.717) is 12.1 Å². The highest BCUT2D eigenvalue weighted by Gasteiger charge is 2.32. The summed E-state index contributed by atoms with van der Waals surface area (Å²) < 4.78 is 56.0. The molecule has 0 N–H and O–H groups in total. The molecule has 0 unspecified atom stereocenters. The summed E-state index contributed by atoms with van der Waals surface area (Å²) >= 11 is 5.62. The molecular weight excluding hydrogens is 284 g/mol. The van der Waals surface area contributed by atoms with Gasteiger partial charge in [0, 0.05) is 0 Å². The molecule has 0 atom stereocenters. The van der Waals surface area contributed by atoms with E-state index in [2.05, 4.69) is 6.07 Å². The Morgan fingerprint density at radius 1 is 1.21 bits per heavy atom. The van der Waals surface area contributed by atoms with E-state index in [0.717, 1.165) is 0 Å². The van der Waals surface area contributed by atoms with Gasteiger partial charge in [-0.3, -0.25) is 0 Å². The molecule has 1 radical (unpaired) electrons. The molecule has 0 spiro atoms. The lowest BCUT2D eigenvalue weighted by Gasteiger charge is -2.12. The van der Waals surface area contributed by atoms with Crippen LogP contribution in [0.1, 0.15) is 5.56 Å². The normalized spacial score (nSPS) is 11.4. The Morgan fingerprint density at radius 3 is 2.47 bits per heavy atom. The molecule has 0 amide bonds. The fraction of sp³-hybridized carbons (Fsp3) is 0.0769. The minimum absolute atomic E-state index is 0.225. The van der Waals surface area contributed by atoms with Crippen molar-refractivity contribution in [3.8, 4) is 11.5 Å². The minimum Gasteiger partial charge on any atom is -0.453 e. The molecule has 2 aromatic rings. The summed E-state index contributed by atoms with van der Waals surface area (Å²) in [6, 6.07) is 9.74. The first-order valence-corrected chi connectivity index (χ1v) is 5.46. The molecule has 19 heavy (non-hydrogen) atoms. The molecule has 99 valence electrons. The van der Waals surface area contributed by atoms with Crippen LogP contribution in [0.3, 0.4) is 0 Å². The molecular formula is C13H6ClF4O. The number of halogens is 5. The molecule has 1 nitrogen and oxygen atoms in total. The predicted octanol–water partition coefficient (Wildman–Crippen LogP) is 5.09. The van der Waals surface area contributed by atoms with Crippen molar-refractivity contribution in [2.75, 3.05) is 0 Å². The van der Waals surface area contributed by atoms with Gasteiger partial charge >= 0.3 is 6.18 Å². The van der Waals surface area contributed by atoms with Crippen LogP contribution in [0.5, 0.6) is 11.5 Å². The fourth-order valence-corrected chi connectivity index (χ4v) is 1.63. The summed E-state index contributed by atoms with van der Waals surface area (Å²) in [5.74, 6) is -1.40. The van der Waals surface area contributed by atoms with Crippen LogP contribution < -0.4 is 4.74 Å². The summed E-state index contributed by atoms with van der Waals surface area (Å²) in [6.45, 7) is 0. The number of ether oxygens (including phenoxy) is 1. The standard InChI is InChI=1S/C13H6ClF4O/c14-10-6-8(13(16,17)18)7-11(15)12(10)19-9-4-2-1-3-5-9/h1-2,4-7H. The van der Waals surface area contributed by atoms with Gasteiger partial charge in [0.1, 0.15) is 5.75 Å². The molecule has 0 saturated heterocycles. The molecule has 0 saturated carbocycles. The van der Waals surface area contributed by atoms with Gasteiger partial charge in [0.2, 0.25) is 0 Å². The van der Waals surface area contributed by atoms with Crippen LogP contribution in [0.25, 0.3) is 0 Å². The Kier molecular flexibility index (Phi) is 3.66. The Balaban J connectivity index is 2.38.